The van der Waals surface area contributed by atoms with Crippen LogP contribution in [0.3, 0.4) is 0 Å². The van der Waals surface area contributed by atoms with Crippen molar-refractivity contribution in [2.45, 2.75) is 12.9 Å². The van der Waals surface area contributed by atoms with Crippen molar-refractivity contribution in [3.05, 3.63) is 25.3 Å². The van der Waals surface area contributed by atoms with Gasteiger partial charge in [-0.15, -0.1) is 24.8 Å². The lowest BCUT2D eigenvalue weighted by Gasteiger charge is -1.96. The van der Waals surface area contributed by atoms with Gasteiger partial charge in [0, 0.05) is 13.1 Å². The van der Waals surface area contributed by atoms with E-state index in [9.17, 15) is 17.6 Å². The van der Waals surface area contributed by atoms with Gasteiger partial charge in [-0.05, 0) is 0 Å². The fourth-order valence-corrected chi connectivity index (χ4v) is 0.295. The van der Waals surface area contributed by atoms with Crippen LogP contribution in [-0.4, -0.2) is 38.4 Å². The van der Waals surface area contributed by atoms with Crippen LogP contribution in [0.2, 0.25) is 0 Å². The average molecular weight is 279 g/mol. The molecule has 0 heterocycles. The van der Waals surface area contributed by atoms with E-state index in [4.69, 9.17) is 5.73 Å². The lowest BCUT2D eigenvalue weighted by Crippen LogP contribution is -2.20. The first-order valence-electron chi connectivity index (χ1n) is 4.70. The van der Waals surface area contributed by atoms with Gasteiger partial charge in [0.05, 0.1) is 12.4 Å². The largest absolute Gasteiger partial charge is 0.327 e. The van der Waals surface area contributed by atoms with Crippen LogP contribution in [0.1, 0.15) is 0 Å². The molecular formula is C10H19ClF4N2. The summed E-state index contributed by atoms with van der Waals surface area (Å²) in [5.41, 5.74) is 4.91. The Morgan fingerprint density at radius 3 is 1.71 bits per heavy atom. The molecule has 0 bridgehead atoms. The lowest BCUT2D eigenvalue weighted by molar-refractivity contribution is 0.147. The summed E-state index contributed by atoms with van der Waals surface area (Å²) in [6.45, 7) is 7.49. The quantitative estimate of drug-likeness (QED) is 0.339. The van der Waals surface area contributed by atoms with Gasteiger partial charge in [-0.3, -0.25) is 0 Å². The van der Waals surface area contributed by atoms with Gasteiger partial charge >= 0.3 is 0 Å². The SMILES string of the molecule is C=CCN.C=CCNCC(F)F.FC(F)CCl. The minimum absolute atomic E-state index is 0.244. The normalized spacial score (nSPS) is 8.94. The molecule has 17 heavy (non-hydrogen) atoms. The standard InChI is InChI=1S/C5H9F2N.C3H7N.C2H3ClF2/c1-2-3-8-4-5(6)7;1-2-3-4;3-1-2(4)5/h2,5,8H,1,3-4H2;2H,1,3-4H2;2H,1H2. The zero-order chi connectivity index (χ0) is 14.1. The second-order valence-electron chi connectivity index (χ2n) is 2.41. The van der Waals surface area contributed by atoms with Crippen LogP contribution in [0.15, 0.2) is 25.3 Å². The molecule has 0 saturated heterocycles. The molecule has 0 aliphatic carbocycles. The van der Waals surface area contributed by atoms with Crippen molar-refractivity contribution < 1.29 is 17.6 Å². The maximum atomic E-state index is 11.3. The van der Waals surface area contributed by atoms with Gasteiger partial charge in [-0.1, -0.05) is 12.2 Å². The number of halogens is 5. The van der Waals surface area contributed by atoms with Crippen LogP contribution < -0.4 is 11.1 Å². The molecular weight excluding hydrogens is 260 g/mol. The van der Waals surface area contributed by atoms with Crippen LogP contribution in [0.4, 0.5) is 17.6 Å². The molecule has 0 aromatic carbocycles. The first kappa shape index (κ1) is 21.7. The third-order valence-corrected chi connectivity index (χ3v) is 1.10. The van der Waals surface area contributed by atoms with Crippen molar-refractivity contribution in [1.29, 1.82) is 0 Å². The van der Waals surface area contributed by atoms with E-state index in [1.54, 1.807) is 12.2 Å². The highest BCUT2D eigenvalue weighted by atomic mass is 35.5. The topological polar surface area (TPSA) is 38.0 Å². The summed E-state index contributed by atoms with van der Waals surface area (Å²) < 4.78 is 43.8. The third-order valence-electron chi connectivity index (χ3n) is 0.871. The van der Waals surface area contributed by atoms with Gasteiger partial charge in [0.25, 0.3) is 12.9 Å². The summed E-state index contributed by atoms with van der Waals surface area (Å²) in [4.78, 5) is 0. The van der Waals surface area contributed by atoms with Crippen LogP contribution in [-0.2, 0) is 0 Å². The molecule has 0 fully saturated rings. The summed E-state index contributed by atoms with van der Waals surface area (Å²) >= 11 is 4.59. The Balaban J connectivity index is -0.000000188. The van der Waals surface area contributed by atoms with E-state index in [0.717, 1.165) is 0 Å². The van der Waals surface area contributed by atoms with E-state index in [2.05, 4.69) is 30.1 Å². The molecule has 0 aliphatic heterocycles. The van der Waals surface area contributed by atoms with Crippen molar-refractivity contribution in [3.63, 3.8) is 0 Å². The van der Waals surface area contributed by atoms with Gasteiger partial charge in [0.15, 0.2) is 0 Å². The molecule has 0 unspecified atom stereocenters. The highest BCUT2D eigenvalue weighted by molar-refractivity contribution is 6.18. The Bertz CT molecular complexity index is 157. The lowest BCUT2D eigenvalue weighted by atomic mass is 10.6. The Hall–Kier alpha value is -0.590. The number of nitrogens with one attached hydrogen (secondary N) is 1. The molecule has 0 rings (SSSR count). The maximum Gasteiger partial charge on any atom is 0.251 e. The summed E-state index contributed by atoms with van der Waals surface area (Å²) in [5, 5.41) is 2.47. The summed E-state index contributed by atoms with van der Waals surface area (Å²) in [6.07, 6.45) is -1.41. The second-order valence-corrected chi connectivity index (χ2v) is 2.72. The maximum absolute atomic E-state index is 11.3. The molecule has 3 N–H and O–H groups in total. The zero-order valence-electron chi connectivity index (χ0n) is 9.52. The molecule has 0 radical (unpaired) electrons. The van der Waals surface area contributed by atoms with Crippen molar-refractivity contribution >= 4 is 11.6 Å². The van der Waals surface area contributed by atoms with E-state index in [1.807, 2.05) is 0 Å². The highest BCUT2D eigenvalue weighted by Crippen LogP contribution is 1.91. The Morgan fingerprint density at radius 1 is 1.12 bits per heavy atom. The number of rotatable bonds is 6. The summed E-state index contributed by atoms with van der Waals surface area (Å²) in [7, 11) is 0. The summed E-state index contributed by atoms with van der Waals surface area (Å²) in [6, 6.07) is 0. The molecule has 0 atom stereocenters. The number of hydrogen-bond donors (Lipinski definition) is 2. The van der Waals surface area contributed by atoms with Crippen LogP contribution >= 0.6 is 11.6 Å². The number of hydrogen-bond acceptors (Lipinski definition) is 2. The van der Waals surface area contributed by atoms with E-state index in [1.165, 1.54) is 0 Å². The van der Waals surface area contributed by atoms with Gasteiger partial charge in [0.2, 0.25) is 0 Å². The smallest absolute Gasteiger partial charge is 0.251 e. The first-order chi connectivity index (χ1) is 7.95. The van der Waals surface area contributed by atoms with Crippen LogP contribution in [0.25, 0.3) is 0 Å². The van der Waals surface area contributed by atoms with Gasteiger partial charge < -0.3 is 11.1 Å². The van der Waals surface area contributed by atoms with E-state index in [-0.39, 0.29) is 6.54 Å². The molecule has 0 spiro atoms. The molecule has 104 valence electrons. The fourth-order valence-electron chi connectivity index (χ4n) is 0.295. The number of alkyl halides is 5. The molecule has 0 aromatic heterocycles. The van der Waals surface area contributed by atoms with E-state index >= 15 is 0 Å². The molecule has 0 amide bonds. The molecule has 7 heteroatoms. The highest BCUT2D eigenvalue weighted by Gasteiger charge is 1.97. The monoisotopic (exact) mass is 278 g/mol. The molecule has 2 nitrogen and oxygen atoms in total. The molecule has 0 aliphatic rings. The van der Waals surface area contributed by atoms with Crippen molar-refractivity contribution in [2.75, 3.05) is 25.5 Å². The molecule has 0 aromatic rings. The van der Waals surface area contributed by atoms with E-state index in [0.29, 0.717) is 13.1 Å². The predicted molar refractivity (Wildman–Crippen MR) is 65.0 cm³/mol. The van der Waals surface area contributed by atoms with Gasteiger partial charge in [-0.2, -0.15) is 0 Å². The second kappa shape index (κ2) is 20.8. The van der Waals surface area contributed by atoms with Crippen LogP contribution in [0.5, 0.6) is 0 Å². The zero-order valence-corrected chi connectivity index (χ0v) is 10.3. The molecule has 0 saturated carbocycles. The first-order valence-corrected chi connectivity index (χ1v) is 5.24. The van der Waals surface area contributed by atoms with Crippen molar-refractivity contribution in [2.24, 2.45) is 5.73 Å². The summed E-state index contributed by atoms with van der Waals surface area (Å²) in [5.74, 6) is -0.556. The fraction of sp³-hybridized carbons (Fsp3) is 0.600. The van der Waals surface area contributed by atoms with Crippen molar-refractivity contribution in [1.82, 2.24) is 5.32 Å². The third kappa shape index (κ3) is 50.5. The Labute approximate surface area is 105 Å². The van der Waals surface area contributed by atoms with Gasteiger partial charge in [0.1, 0.15) is 0 Å². The van der Waals surface area contributed by atoms with Crippen LogP contribution in [0, 0.1) is 0 Å². The predicted octanol–water partition coefficient (Wildman–Crippen LogP) is 2.65. The van der Waals surface area contributed by atoms with E-state index < -0.39 is 18.7 Å². The average Bonchev–Trinajstić information content (AvgIpc) is 2.30. The number of nitrogens with two attached hydrogens (primary N) is 1. The minimum Gasteiger partial charge on any atom is -0.327 e. The Kier molecular flexibility index (Phi) is 26.5. The minimum atomic E-state index is -2.35. The Morgan fingerprint density at radius 2 is 1.53 bits per heavy atom. The van der Waals surface area contributed by atoms with Gasteiger partial charge in [-0.25, -0.2) is 17.6 Å². The van der Waals surface area contributed by atoms with Crippen molar-refractivity contribution in [3.8, 4) is 0 Å².